The Hall–Kier alpha value is -2.05. The van der Waals surface area contributed by atoms with Crippen LogP contribution < -0.4 is 4.80 Å². The van der Waals surface area contributed by atoms with Gasteiger partial charge in [0.1, 0.15) is 0 Å². The van der Waals surface area contributed by atoms with E-state index in [1.807, 2.05) is 35.0 Å². The molecule has 27 heavy (non-hydrogen) atoms. The smallest absolute Gasteiger partial charge is 0.206 e. The van der Waals surface area contributed by atoms with Crippen LogP contribution in [0.15, 0.2) is 68.6 Å². The predicted molar refractivity (Wildman–Crippen MR) is 115 cm³/mol. The van der Waals surface area contributed by atoms with Crippen LogP contribution in [0.25, 0.3) is 11.3 Å². The van der Waals surface area contributed by atoms with Gasteiger partial charge in [0.2, 0.25) is 4.80 Å². The molecule has 3 aromatic rings. The second kappa shape index (κ2) is 8.76. The van der Waals surface area contributed by atoms with Crippen molar-refractivity contribution in [3.63, 3.8) is 0 Å². The van der Waals surface area contributed by atoms with Crippen molar-refractivity contribution in [1.29, 1.82) is 0 Å². The van der Waals surface area contributed by atoms with Crippen LogP contribution in [0.4, 0.5) is 0 Å². The zero-order chi connectivity index (χ0) is 18.5. The molecule has 138 valence electrons. The molecule has 0 atom stereocenters. The SMILES string of the molecule is Brc1cccc(-c2csc(=NC3CCCCC3)n2N=Cc2ccccn2)c1. The second-order valence-corrected chi connectivity index (χ2v) is 8.40. The largest absolute Gasteiger partial charge is 0.255 e. The Bertz CT molecular complexity index is 985. The van der Waals surface area contributed by atoms with Crippen molar-refractivity contribution in [2.24, 2.45) is 10.1 Å². The summed E-state index contributed by atoms with van der Waals surface area (Å²) in [5, 5.41) is 6.88. The van der Waals surface area contributed by atoms with E-state index in [0.29, 0.717) is 6.04 Å². The van der Waals surface area contributed by atoms with E-state index in [1.54, 1.807) is 23.7 Å². The van der Waals surface area contributed by atoms with Crippen LogP contribution in [0.1, 0.15) is 37.8 Å². The molecule has 0 amide bonds. The molecule has 1 saturated carbocycles. The van der Waals surface area contributed by atoms with Crippen molar-refractivity contribution in [2.45, 2.75) is 38.1 Å². The van der Waals surface area contributed by atoms with Crippen LogP contribution >= 0.6 is 27.3 Å². The molecule has 4 nitrogen and oxygen atoms in total. The molecule has 1 aliphatic rings. The van der Waals surface area contributed by atoms with Crippen LogP contribution in [0, 0.1) is 0 Å². The van der Waals surface area contributed by atoms with Crippen LogP contribution in [0.2, 0.25) is 0 Å². The average Bonchev–Trinajstić information content (AvgIpc) is 3.10. The molecule has 1 fully saturated rings. The van der Waals surface area contributed by atoms with E-state index in [0.717, 1.165) is 26.2 Å². The highest BCUT2D eigenvalue weighted by Gasteiger charge is 2.14. The third-order valence-electron chi connectivity index (χ3n) is 4.67. The molecule has 0 spiro atoms. The number of benzene rings is 1. The van der Waals surface area contributed by atoms with Gasteiger partial charge in [0.15, 0.2) is 0 Å². The minimum atomic E-state index is 0.407. The van der Waals surface area contributed by atoms with E-state index in [2.05, 4.69) is 38.4 Å². The third kappa shape index (κ3) is 4.62. The lowest BCUT2D eigenvalue weighted by Gasteiger charge is -2.16. The maximum atomic E-state index is 5.03. The number of rotatable bonds is 4. The quantitative estimate of drug-likeness (QED) is 0.494. The van der Waals surface area contributed by atoms with Gasteiger partial charge in [-0.15, -0.1) is 11.3 Å². The summed E-state index contributed by atoms with van der Waals surface area (Å²) in [6.07, 6.45) is 9.81. The fraction of sp³-hybridized carbons (Fsp3) is 0.286. The van der Waals surface area contributed by atoms with E-state index >= 15 is 0 Å². The van der Waals surface area contributed by atoms with E-state index in [1.165, 1.54) is 32.1 Å². The number of pyridine rings is 1. The van der Waals surface area contributed by atoms with Crippen LogP contribution in [-0.4, -0.2) is 21.9 Å². The Morgan fingerprint density at radius 2 is 2.00 bits per heavy atom. The number of hydrogen-bond acceptors (Lipinski definition) is 4. The fourth-order valence-corrected chi connectivity index (χ4v) is 4.59. The van der Waals surface area contributed by atoms with Crippen molar-refractivity contribution in [1.82, 2.24) is 9.66 Å². The number of thiazole rings is 1. The van der Waals surface area contributed by atoms with Crippen LogP contribution in [-0.2, 0) is 0 Å². The Morgan fingerprint density at radius 3 is 2.78 bits per heavy atom. The molecule has 4 rings (SSSR count). The van der Waals surface area contributed by atoms with Crippen LogP contribution in [0.3, 0.4) is 0 Å². The van der Waals surface area contributed by atoms with Gasteiger partial charge in [-0.1, -0.05) is 53.4 Å². The van der Waals surface area contributed by atoms with Gasteiger partial charge in [0.05, 0.1) is 23.6 Å². The number of aromatic nitrogens is 2. The molecule has 0 N–H and O–H groups in total. The molecule has 0 aliphatic heterocycles. The molecule has 2 aromatic heterocycles. The summed E-state index contributed by atoms with van der Waals surface area (Å²) in [6.45, 7) is 0. The van der Waals surface area contributed by atoms with E-state index in [-0.39, 0.29) is 0 Å². The van der Waals surface area contributed by atoms with E-state index in [9.17, 15) is 0 Å². The van der Waals surface area contributed by atoms with Gasteiger partial charge in [-0.25, -0.2) is 4.68 Å². The van der Waals surface area contributed by atoms with Gasteiger partial charge >= 0.3 is 0 Å². The average molecular weight is 441 g/mol. The summed E-state index contributed by atoms with van der Waals surface area (Å²) in [6, 6.07) is 14.5. The summed E-state index contributed by atoms with van der Waals surface area (Å²) in [5.74, 6) is 0. The van der Waals surface area contributed by atoms with E-state index in [4.69, 9.17) is 10.1 Å². The highest BCUT2D eigenvalue weighted by molar-refractivity contribution is 9.10. The summed E-state index contributed by atoms with van der Waals surface area (Å²) in [4.78, 5) is 10.3. The Labute approximate surface area is 171 Å². The highest BCUT2D eigenvalue weighted by Crippen LogP contribution is 2.24. The van der Waals surface area contributed by atoms with Crippen molar-refractivity contribution in [3.8, 4) is 11.3 Å². The molecule has 2 heterocycles. The predicted octanol–water partition coefficient (Wildman–Crippen LogP) is 5.49. The Kier molecular flexibility index (Phi) is 5.94. The third-order valence-corrected chi connectivity index (χ3v) is 5.99. The van der Waals surface area contributed by atoms with Crippen molar-refractivity contribution in [3.05, 3.63) is 69.0 Å². The van der Waals surface area contributed by atoms with Crippen LogP contribution in [0.5, 0.6) is 0 Å². The van der Waals surface area contributed by atoms with Crippen molar-refractivity contribution < 1.29 is 0 Å². The minimum Gasteiger partial charge on any atom is -0.255 e. The van der Waals surface area contributed by atoms with Gasteiger partial charge in [0, 0.05) is 21.6 Å². The maximum absolute atomic E-state index is 5.03. The van der Waals surface area contributed by atoms with Gasteiger partial charge in [-0.05, 0) is 37.1 Å². The summed E-state index contributed by atoms with van der Waals surface area (Å²) in [5.41, 5.74) is 2.99. The Balaban J connectivity index is 1.77. The van der Waals surface area contributed by atoms with Crippen molar-refractivity contribution >= 4 is 33.5 Å². The summed E-state index contributed by atoms with van der Waals surface area (Å²) in [7, 11) is 0. The molecular weight excluding hydrogens is 420 g/mol. The number of halogens is 1. The second-order valence-electron chi connectivity index (χ2n) is 6.65. The standard InChI is InChI=1S/C21H21BrN4S/c22-17-8-6-7-16(13-17)20-15-27-21(25-18-9-2-1-3-10-18)26(20)24-14-19-11-4-5-12-23-19/h4-8,11-15,18H,1-3,9-10H2. The van der Waals surface area contributed by atoms with Crippen molar-refractivity contribution in [2.75, 3.05) is 0 Å². The molecule has 0 bridgehead atoms. The van der Waals surface area contributed by atoms with Gasteiger partial charge in [-0.3, -0.25) is 9.98 Å². The monoisotopic (exact) mass is 440 g/mol. The van der Waals surface area contributed by atoms with Gasteiger partial charge < -0.3 is 0 Å². The molecule has 0 radical (unpaired) electrons. The minimum absolute atomic E-state index is 0.407. The Morgan fingerprint density at radius 1 is 1.11 bits per heavy atom. The first-order chi connectivity index (χ1) is 13.3. The fourth-order valence-electron chi connectivity index (χ4n) is 3.28. The first-order valence-electron chi connectivity index (χ1n) is 9.25. The molecular formula is C21H21BrN4S. The summed E-state index contributed by atoms with van der Waals surface area (Å²) >= 11 is 5.22. The normalized spacial score (nSPS) is 16.3. The topological polar surface area (TPSA) is 42.5 Å². The molecule has 1 aromatic carbocycles. The molecule has 1 aliphatic carbocycles. The molecule has 0 saturated heterocycles. The number of nitrogens with zero attached hydrogens (tertiary/aromatic N) is 4. The highest BCUT2D eigenvalue weighted by atomic mass is 79.9. The zero-order valence-corrected chi connectivity index (χ0v) is 17.4. The summed E-state index contributed by atoms with van der Waals surface area (Å²) < 4.78 is 3.01. The first-order valence-corrected chi connectivity index (χ1v) is 10.9. The molecule has 6 heteroatoms. The first kappa shape index (κ1) is 18.3. The lowest BCUT2D eigenvalue weighted by Crippen LogP contribution is -2.19. The van der Waals surface area contributed by atoms with E-state index < -0.39 is 0 Å². The molecule has 0 unspecified atom stereocenters. The van der Waals surface area contributed by atoms with Gasteiger partial charge in [0.25, 0.3) is 0 Å². The lowest BCUT2D eigenvalue weighted by atomic mass is 9.96. The zero-order valence-electron chi connectivity index (χ0n) is 15.0. The number of hydrogen-bond donors (Lipinski definition) is 0. The lowest BCUT2D eigenvalue weighted by molar-refractivity contribution is 0.435. The maximum Gasteiger partial charge on any atom is 0.206 e. The van der Waals surface area contributed by atoms with Gasteiger partial charge in [-0.2, -0.15) is 5.10 Å².